The van der Waals surface area contributed by atoms with Gasteiger partial charge in [0.05, 0.1) is 5.57 Å². The van der Waals surface area contributed by atoms with Gasteiger partial charge in [-0.15, -0.1) is 11.3 Å². The lowest BCUT2D eigenvalue weighted by Gasteiger charge is -2.13. The molecule has 3 nitrogen and oxygen atoms in total. The Hall–Kier alpha value is -2.85. The number of rotatable bonds is 6. The van der Waals surface area contributed by atoms with E-state index in [1.807, 2.05) is 60.0 Å². The van der Waals surface area contributed by atoms with Gasteiger partial charge in [-0.2, -0.15) is 0 Å². The minimum Gasteiger partial charge on any atom is -0.478 e. The fraction of sp³-hybridized carbons (Fsp3) is 0.136. The van der Waals surface area contributed by atoms with Crippen molar-refractivity contribution in [1.82, 2.24) is 0 Å². The van der Waals surface area contributed by atoms with Gasteiger partial charge in [0, 0.05) is 4.88 Å². The molecule has 26 heavy (non-hydrogen) atoms. The van der Waals surface area contributed by atoms with Crippen LogP contribution in [-0.4, -0.2) is 11.1 Å². The van der Waals surface area contributed by atoms with Crippen molar-refractivity contribution in [3.63, 3.8) is 0 Å². The second-order valence-electron chi connectivity index (χ2n) is 6.20. The number of benzene rings is 2. The van der Waals surface area contributed by atoms with Crippen LogP contribution in [-0.2, 0) is 4.79 Å². The third-order valence-electron chi connectivity index (χ3n) is 3.98. The van der Waals surface area contributed by atoms with E-state index in [0.717, 1.165) is 27.5 Å². The molecule has 0 aliphatic carbocycles. The highest BCUT2D eigenvalue weighted by Gasteiger charge is 2.12. The Balaban J connectivity index is 1.83. The average molecular weight is 364 g/mol. The van der Waals surface area contributed by atoms with Gasteiger partial charge >= 0.3 is 5.97 Å². The molecule has 0 saturated carbocycles. The molecule has 1 N–H and O–H groups in total. The van der Waals surface area contributed by atoms with Crippen molar-refractivity contribution in [2.75, 3.05) is 0 Å². The number of carboxylic acids is 1. The second-order valence-corrected chi connectivity index (χ2v) is 7.15. The largest absolute Gasteiger partial charge is 0.478 e. The number of carbonyl (C=O) groups is 1. The number of hydrogen-bond donors (Lipinski definition) is 1. The number of hydrogen-bond acceptors (Lipinski definition) is 3. The van der Waals surface area contributed by atoms with Crippen LogP contribution >= 0.6 is 11.3 Å². The standard InChI is InChI=1S/C22H20O3S/c1-15(2)18-6-3-4-7-20(18)25-17-11-9-16(10-12-17)14-19(22(23)24)21-8-5-13-26-21/h3-15H,1-2H3,(H,23,24)/b19-14-. The van der Waals surface area contributed by atoms with Crippen molar-refractivity contribution in [2.45, 2.75) is 19.8 Å². The molecule has 3 aromatic rings. The Morgan fingerprint density at radius 3 is 2.38 bits per heavy atom. The van der Waals surface area contributed by atoms with Crippen LogP contribution in [0.25, 0.3) is 11.6 Å². The Morgan fingerprint density at radius 1 is 1.04 bits per heavy atom. The molecule has 0 saturated heterocycles. The summed E-state index contributed by atoms with van der Waals surface area (Å²) in [5.74, 6) is 1.01. The van der Waals surface area contributed by atoms with E-state index in [2.05, 4.69) is 19.9 Å². The van der Waals surface area contributed by atoms with Gasteiger partial charge in [-0.25, -0.2) is 4.79 Å². The molecule has 0 atom stereocenters. The number of aliphatic carboxylic acids is 1. The summed E-state index contributed by atoms with van der Waals surface area (Å²) in [6.45, 7) is 4.27. The van der Waals surface area contributed by atoms with Crippen LogP contribution < -0.4 is 4.74 Å². The van der Waals surface area contributed by atoms with Crippen molar-refractivity contribution < 1.29 is 14.6 Å². The number of thiophene rings is 1. The average Bonchev–Trinajstić information content (AvgIpc) is 3.15. The topological polar surface area (TPSA) is 46.5 Å². The number of ether oxygens (including phenoxy) is 1. The van der Waals surface area contributed by atoms with E-state index < -0.39 is 5.97 Å². The molecule has 0 bridgehead atoms. The molecule has 0 aliphatic rings. The Kier molecular flexibility index (Phi) is 5.54. The highest BCUT2D eigenvalue weighted by molar-refractivity contribution is 7.11. The zero-order valence-electron chi connectivity index (χ0n) is 14.7. The van der Waals surface area contributed by atoms with E-state index in [1.54, 1.807) is 6.08 Å². The third kappa shape index (κ3) is 4.21. The predicted octanol–water partition coefficient (Wildman–Crippen LogP) is 6.29. The highest BCUT2D eigenvalue weighted by atomic mass is 32.1. The van der Waals surface area contributed by atoms with Crippen molar-refractivity contribution >= 4 is 29.0 Å². The van der Waals surface area contributed by atoms with E-state index >= 15 is 0 Å². The SMILES string of the molecule is CC(C)c1ccccc1Oc1ccc(/C=C(\C(=O)O)c2cccs2)cc1. The summed E-state index contributed by atoms with van der Waals surface area (Å²) in [6, 6.07) is 19.1. The summed E-state index contributed by atoms with van der Waals surface area (Å²) in [7, 11) is 0. The van der Waals surface area contributed by atoms with Crippen LogP contribution in [0.5, 0.6) is 11.5 Å². The van der Waals surface area contributed by atoms with Gasteiger partial charge in [0.25, 0.3) is 0 Å². The molecule has 0 unspecified atom stereocenters. The van der Waals surface area contributed by atoms with Crippen molar-refractivity contribution in [2.24, 2.45) is 0 Å². The van der Waals surface area contributed by atoms with Gasteiger partial charge in [0.1, 0.15) is 11.5 Å². The first-order valence-corrected chi connectivity index (χ1v) is 9.28. The monoisotopic (exact) mass is 364 g/mol. The van der Waals surface area contributed by atoms with Crippen LogP contribution in [0.4, 0.5) is 0 Å². The van der Waals surface area contributed by atoms with Gasteiger partial charge in [-0.05, 0) is 52.8 Å². The summed E-state index contributed by atoms with van der Waals surface area (Å²) < 4.78 is 6.02. The molecule has 0 amide bonds. The van der Waals surface area contributed by atoms with E-state index in [4.69, 9.17) is 4.74 Å². The Morgan fingerprint density at radius 2 is 1.77 bits per heavy atom. The molecular weight excluding hydrogens is 344 g/mol. The lowest BCUT2D eigenvalue weighted by Crippen LogP contribution is -1.97. The van der Waals surface area contributed by atoms with Crippen molar-refractivity contribution in [1.29, 1.82) is 0 Å². The Labute approximate surface area is 157 Å². The summed E-state index contributed by atoms with van der Waals surface area (Å²) in [5.41, 5.74) is 2.27. The van der Waals surface area contributed by atoms with Gasteiger partial charge in [-0.3, -0.25) is 0 Å². The Bertz CT molecular complexity index is 907. The van der Waals surface area contributed by atoms with Gasteiger partial charge < -0.3 is 9.84 Å². The first-order chi connectivity index (χ1) is 12.5. The molecule has 0 aliphatic heterocycles. The molecule has 0 radical (unpaired) electrons. The van der Waals surface area contributed by atoms with Crippen LogP contribution in [0.15, 0.2) is 66.0 Å². The summed E-state index contributed by atoms with van der Waals surface area (Å²) in [6.07, 6.45) is 1.68. The first kappa shape index (κ1) is 18.0. The molecule has 3 rings (SSSR count). The van der Waals surface area contributed by atoms with Crippen molar-refractivity contribution in [3.05, 3.63) is 82.0 Å². The number of carboxylic acid groups (broad SMARTS) is 1. The van der Waals surface area contributed by atoms with E-state index in [-0.39, 0.29) is 0 Å². The van der Waals surface area contributed by atoms with Crippen LogP contribution in [0.1, 0.15) is 35.8 Å². The first-order valence-electron chi connectivity index (χ1n) is 8.40. The van der Waals surface area contributed by atoms with E-state index in [1.165, 1.54) is 11.3 Å². The maximum Gasteiger partial charge on any atom is 0.337 e. The van der Waals surface area contributed by atoms with E-state index in [9.17, 15) is 9.90 Å². The highest BCUT2D eigenvalue weighted by Crippen LogP contribution is 2.31. The molecule has 0 fully saturated rings. The zero-order valence-corrected chi connectivity index (χ0v) is 15.5. The molecular formula is C22H20O3S. The molecule has 1 heterocycles. The smallest absolute Gasteiger partial charge is 0.337 e. The predicted molar refractivity (Wildman–Crippen MR) is 107 cm³/mol. The summed E-state index contributed by atoms with van der Waals surface area (Å²) >= 11 is 1.41. The maximum absolute atomic E-state index is 11.5. The maximum atomic E-state index is 11.5. The van der Waals surface area contributed by atoms with Gasteiger partial charge in [0.2, 0.25) is 0 Å². The van der Waals surface area contributed by atoms with Crippen LogP contribution in [0, 0.1) is 0 Å². The summed E-state index contributed by atoms with van der Waals surface area (Å²) in [4.78, 5) is 12.3. The molecule has 4 heteroatoms. The lowest BCUT2D eigenvalue weighted by molar-refractivity contribution is -0.130. The minimum absolute atomic E-state index is 0.291. The third-order valence-corrected chi connectivity index (χ3v) is 4.88. The number of para-hydroxylation sites is 1. The van der Waals surface area contributed by atoms with Gasteiger partial charge in [-0.1, -0.05) is 50.2 Å². The molecule has 2 aromatic carbocycles. The fourth-order valence-electron chi connectivity index (χ4n) is 2.65. The van der Waals surface area contributed by atoms with Crippen molar-refractivity contribution in [3.8, 4) is 11.5 Å². The lowest BCUT2D eigenvalue weighted by atomic mass is 10.0. The van der Waals surface area contributed by atoms with Gasteiger partial charge in [0.15, 0.2) is 0 Å². The molecule has 132 valence electrons. The quantitative estimate of drug-likeness (QED) is 0.523. The minimum atomic E-state index is -0.932. The summed E-state index contributed by atoms with van der Waals surface area (Å²) in [5, 5.41) is 11.3. The second kappa shape index (κ2) is 8.02. The normalized spacial score (nSPS) is 11.6. The van der Waals surface area contributed by atoms with E-state index in [0.29, 0.717) is 11.5 Å². The zero-order chi connectivity index (χ0) is 18.5. The molecule has 0 spiro atoms. The van der Waals surface area contributed by atoms with Crippen LogP contribution in [0.2, 0.25) is 0 Å². The molecule has 1 aromatic heterocycles. The van der Waals surface area contributed by atoms with Crippen LogP contribution in [0.3, 0.4) is 0 Å². The fourth-order valence-corrected chi connectivity index (χ4v) is 3.38.